The summed E-state index contributed by atoms with van der Waals surface area (Å²) in [4.78, 5) is 16.9. The molecule has 0 radical (unpaired) electrons. The largest absolute Gasteiger partial charge is 0.303 e. The number of ketones is 1. The van der Waals surface area contributed by atoms with Gasteiger partial charge in [0.1, 0.15) is 5.78 Å². The van der Waals surface area contributed by atoms with Gasteiger partial charge in [0.05, 0.1) is 0 Å². The van der Waals surface area contributed by atoms with Gasteiger partial charge in [0.25, 0.3) is 0 Å². The number of hydrogen-bond acceptors (Lipinski definition) is 3. The molecule has 3 rings (SSSR count). The summed E-state index contributed by atoms with van der Waals surface area (Å²) in [6.45, 7) is 7.70. The highest BCUT2D eigenvalue weighted by atomic mass is 16.1. The van der Waals surface area contributed by atoms with Gasteiger partial charge in [-0.15, -0.1) is 0 Å². The number of likely N-dealkylation sites (tertiary alicyclic amines) is 2. The van der Waals surface area contributed by atoms with Crippen LogP contribution in [0, 0.1) is 11.8 Å². The van der Waals surface area contributed by atoms with Crippen molar-refractivity contribution >= 4 is 5.78 Å². The van der Waals surface area contributed by atoms with Gasteiger partial charge in [-0.1, -0.05) is 0 Å². The van der Waals surface area contributed by atoms with Crippen LogP contribution in [0.5, 0.6) is 0 Å². The summed E-state index contributed by atoms with van der Waals surface area (Å²) in [6.07, 6.45) is 9.83. The van der Waals surface area contributed by atoms with Crippen LogP contribution in [0.1, 0.15) is 51.4 Å². The third-order valence-electron chi connectivity index (χ3n) is 5.65. The van der Waals surface area contributed by atoms with Crippen molar-refractivity contribution in [3.63, 3.8) is 0 Å². The van der Waals surface area contributed by atoms with Crippen LogP contribution in [-0.2, 0) is 4.79 Å². The van der Waals surface area contributed by atoms with E-state index in [-0.39, 0.29) is 0 Å². The minimum atomic E-state index is 0.400. The SMILES string of the molecule is O=C1CCCC1CCN1CCC(CN2CCCC2)CC1. The Morgan fingerprint density at radius 2 is 1.65 bits per heavy atom. The normalized spacial score (nSPS) is 30.4. The summed E-state index contributed by atoms with van der Waals surface area (Å²) in [5, 5.41) is 0. The van der Waals surface area contributed by atoms with E-state index >= 15 is 0 Å². The van der Waals surface area contributed by atoms with Crippen LogP contribution in [0.15, 0.2) is 0 Å². The average Bonchev–Trinajstić information content (AvgIpc) is 3.10. The molecule has 0 bridgehead atoms. The van der Waals surface area contributed by atoms with E-state index in [9.17, 15) is 4.79 Å². The Hall–Kier alpha value is -0.410. The lowest BCUT2D eigenvalue weighted by Gasteiger charge is -2.34. The van der Waals surface area contributed by atoms with Crippen LogP contribution in [0.25, 0.3) is 0 Å². The van der Waals surface area contributed by atoms with Gasteiger partial charge in [0.2, 0.25) is 0 Å². The van der Waals surface area contributed by atoms with Crippen LogP contribution >= 0.6 is 0 Å². The summed E-state index contributed by atoms with van der Waals surface area (Å²) in [5.74, 6) is 1.86. The number of nitrogens with zero attached hydrogens (tertiary/aromatic N) is 2. The fraction of sp³-hybridized carbons (Fsp3) is 0.941. The smallest absolute Gasteiger partial charge is 0.136 e. The highest BCUT2D eigenvalue weighted by Crippen LogP contribution is 2.26. The summed E-state index contributed by atoms with van der Waals surface area (Å²) >= 11 is 0. The molecule has 0 amide bonds. The standard InChI is InChI=1S/C17H30N2O/c20-17-5-3-4-16(17)8-13-18-11-6-15(7-12-18)14-19-9-1-2-10-19/h15-16H,1-14H2. The molecule has 1 atom stereocenters. The zero-order chi connectivity index (χ0) is 13.8. The molecule has 3 fully saturated rings. The van der Waals surface area contributed by atoms with Crippen LogP contribution in [0.2, 0.25) is 0 Å². The van der Waals surface area contributed by atoms with Gasteiger partial charge in [0, 0.05) is 18.9 Å². The highest BCUT2D eigenvalue weighted by molar-refractivity contribution is 5.82. The third kappa shape index (κ3) is 3.82. The van der Waals surface area contributed by atoms with Crippen molar-refractivity contribution in [3.8, 4) is 0 Å². The molecule has 1 aliphatic carbocycles. The number of hydrogen-bond donors (Lipinski definition) is 0. The van der Waals surface area contributed by atoms with Crippen molar-refractivity contribution in [2.75, 3.05) is 39.3 Å². The summed E-state index contributed by atoms with van der Waals surface area (Å²) in [7, 11) is 0. The van der Waals surface area contributed by atoms with Gasteiger partial charge in [0.15, 0.2) is 0 Å². The van der Waals surface area contributed by atoms with Gasteiger partial charge in [-0.05, 0) is 83.6 Å². The maximum atomic E-state index is 11.7. The Balaban J connectivity index is 1.32. The van der Waals surface area contributed by atoms with E-state index in [1.807, 2.05) is 0 Å². The first-order chi connectivity index (χ1) is 9.81. The van der Waals surface area contributed by atoms with Crippen molar-refractivity contribution in [2.24, 2.45) is 11.8 Å². The Morgan fingerprint density at radius 3 is 2.30 bits per heavy atom. The lowest BCUT2D eigenvalue weighted by molar-refractivity contribution is -0.120. The molecule has 1 saturated carbocycles. The number of carbonyl (C=O) groups is 1. The molecule has 0 aromatic carbocycles. The third-order valence-corrected chi connectivity index (χ3v) is 5.65. The van der Waals surface area contributed by atoms with Crippen LogP contribution in [0.4, 0.5) is 0 Å². The minimum absolute atomic E-state index is 0.400. The highest BCUT2D eigenvalue weighted by Gasteiger charge is 2.26. The molecule has 2 saturated heterocycles. The van der Waals surface area contributed by atoms with Crippen molar-refractivity contribution in [1.82, 2.24) is 9.80 Å². The monoisotopic (exact) mass is 278 g/mol. The van der Waals surface area contributed by atoms with E-state index in [1.54, 1.807) is 0 Å². The van der Waals surface area contributed by atoms with Gasteiger partial charge < -0.3 is 9.80 Å². The lowest BCUT2D eigenvalue weighted by atomic mass is 9.95. The van der Waals surface area contributed by atoms with E-state index in [0.29, 0.717) is 11.7 Å². The maximum absolute atomic E-state index is 11.7. The minimum Gasteiger partial charge on any atom is -0.303 e. The predicted octanol–water partition coefficient (Wildman–Crippen LogP) is 2.55. The molecule has 20 heavy (non-hydrogen) atoms. The molecule has 2 heterocycles. The molecular formula is C17H30N2O. The second-order valence-corrected chi connectivity index (χ2v) is 7.14. The Labute approximate surface area is 123 Å². The van der Waals surface area contributed by atoms with Crippen molar-refractivity contribution in [2.45, 2.75) is 51.4 Å². The number of Topliss-reactive ketones (excluding diaryl/α,β-unsaturated/α-hetero) is 1. The Bertz CT molecular complexity index is 317. The quantitative estimate of drug-likeness (QED) is 0.772. The number of carbonyl (C=O) groups excluding carboxylic acids is 1. The molecule has 3 heteroatoms. The van der Waals surface area contributed by atoms with Crippen molar-refractivity contribution < 1.29 is 4.79 Å². The first kappa shape index (κ1) is 14.5. The summed E-state index contributed by atoms with van der Waals surface area (Å²) in [5.41, 5.74) is 0. The fourth-order valence-electron chi connectivity index (χ4n) is 4.25. The van der Waals surface area contributed by atoms with E-state index in [0.717, 1.165) is 38.1 Å². The van der Waals surface area contributed by atoms with Crippen LogP contribution in [0.3, 0.4) is 0 Å². The second kappa shape index (κ2) is 7.04. The molecule has 0 aromatic heterocycles. The molecule has 2 aliphatic heterocycles. The topological polar surface area (TPSA) is 23.6 Å². The molecule has 1 unspecified atom stereocenters. The molecular weight excluding hydrogens is 248 g/mol. The fourth-order valence-corrected chi connectivity index (χ4v) is 4.25. The number of piperidine rings is 1. The average molecular weight is 278 g/mol. The second-order valence-electron chi connectivity index (χ2n) is 7.14. The first-order valence-electron chi connectivity index (χ1n) is 8.78. The predicted molar refractivity (Wildman–Crippen MR) is 81.8 cm³/mol. The zero-order valence-electron chi connectivity index (χ0n) is 12.9. The Kier molecular flexibility index (Phi) is 5.11. The Morgan fingerprint density at radius 1 is 0.900 bits per heavy atom. The first-order valence-corrected chi connectivity index (χ1v) is 8.78. The molecule has 0 aromatic rings. The van der Waals surface area contributed by atoms with Gasteiger partial charge >= 0.3 is 0 Å². The van der Waals surface area contributed by atoms with E-state index < -0.39 is 0 Å². The van der Waals surface area contributed by atoms with E-state index in [4.69, 9.17) is 0 Å². The van der Waals surface area contributed by atoms with Gasteiger partial charge in [-0.25, -0.2) is 0 Å². The number of rotatable bonds is 5. The van der Waals surface area contributed by atoms with Crippen LogP contribution < -0.4 is 0 Å². The van der Waals surface area contributed by atoms with E-state index in [2.05, 4.69) is 9.80 Å². The zero-order valence-corrected chi connectivity index (χ0v) is 12.9. The molecule has 3 nitrogen and oxygen atoms in total. The van der Waals surface area contributed by atoms with E-state index in [1.165, 1.54) is 58.4 Å². The van der Waals surface area contributed by atoms with Gasteiger partial charge in [-0.2, -0.15) is 0 Å². The van der Waals surface area contributed by atoms with Gasteiger partial charge in [-0.3, -0.25) is 4.79 Å². The molecule has 0 spiro atoms. The maximum Gasteiger partial charge on any atom is 0.136 e. The van der Waals surface area contributed by atoms with Crippen molar-refractivity contribution in [1.29, 1.82) is 0 Å². The molecule has 0 N–H and O–H groups in total. The molecule has 3 aliphatic rings. The summed E-state index contributed by atoms with van der Waals surface area (Å²) in [6, 6.07) is 0. The van der Waals surface area contributed by atoms with Crippen molar-refractivity contribution in [3.05, 3.63) is 0 Å². The summed E-state index contributed by atoms with van der Waals surface area (Å²) < 4.78 is 0. The van der Waals surface area contributed by atoms with Crippen LogP contribution in [-0.4, -0.2) is 54.9 Å². The lowest BCUT2D eigenvalue weighted by Crippen LogP contribution is -2.39. The molecule has 114 valence electrons.